The van der Waals surface area contributed by atoms with Crippen LogP contribution in [0, 0.1) is 0 Å². The minimum absolute atomic E-state index is 0.00244. The molecule has 0 aliphatic carbocycles. The number of piperidine rings is 1. The summed E-state index contributed by atoms with van der Waals surface area (Å²) in [5.41, 5.74) is 2.74. The topological polar surface area (TPSA) is 62.4 Å². The number of H-pyrrole nitrogens is 1. The van der Waals surface area contributed by atoms with Crippen LogP contribution >= 0.6 is 0 Å². The predicted octanol–water partition coefficient (Wildman–Crippen LogP) is 4.84. The molecule has 30 heavy (non-hydrogen) atoms. The van der Waals surface area contributed by atoms with Gasteiger partial charge in [0, 0.05) is 24.8 Å². The number of hydrogen-bond donors (Lipinski definition) is 1. The number of amides is 1. The molecule has 0 saturated carbocycles. The van der Waals surface area contributed by atoms with Gasteiger partial charge in [0.1, 0.15) is 5.75 Å². The van der Waals surface area contributed by atoms with E-state index in [1.807, 2.05) is 43.0 Å². The maximum Gasteiger partial charge on any atom is 0.263 e. The number of pyridine rings is 1. The molecule has 0 radical (unpaired) electrons. The third kappa shape index (κ3) is 4.56. The number of rotatable bonds is 6. The van der Waals surface area contributed by atoms with Gasteiger partial charge in [-0.2, -0.15) is 0 Å². The number of fused-ring (bicyclic) bond motifs is 1. The highest BCUT2D eigenvalue weighted by molar-refractivity contribution is 5.97. The summed E-state index contributed by atoms with van der Waals surface area (Å²) in [7, 11) is 0. The molecule has 1 amide bonds. The van der Waals surface area contributed by atoms with E-state index >= 15 is 0 Å². The number of ether oxygens (including phenoxy) is 1. The summed E-state index contributed by atoms with van der Waals surface area (Å²) < 4.78 is 5.92. The van der Waals surface area contributed by atoms with Crippen molar-refractivity contribution in [3.05, 3.63) is 70.7 Å². The smallest absolute Gasteiger partial charge is 0.263 e. The SMILES string of the molecule is C=C/C(C)=C(\C=C/C)c1c[nH]c(=O)c2cc(OC(C)C(=O)N3CCCCC3)ccc12. The van der Waals surface area contributed by atoms with Crippen LogP contribution in [0.2, 0.25) is 0 Å². The summed E-state index contributed by atoms with van der Waals surface area (Å²) in [6, 6.07) is 5.42. The minimum Gasteiger partial charge on any atom is -0.481 e. The molecule has 3 rings (SSSR count). The molecule has 0 bridgehead atoms. The third-order valence-corrected chi connectivity index (χ3v) is 5.56. The molecule has 158 valence electrons. The number of carbonyl (C=O) groups excluding carboxylic acids is 1. The number of aromatic amines is 1. The van der Waals surface area contributed by atoms with Gasteiger partial charge in [-0.15, -0.1) is 0 Å². The lowest BCUT2D eigenvalue weighted by Gasteiger charge is -2.29. The van der Waals surface area contributed by atoms with Crippen LogP contribution in [-0.4, -0.2) is 35.0 Å². The average molecular weight is 407 g/mol. The fourth-order valence-electron chi connectivity index (χ4n) is 3.87. The molecule has 5 nitrogen and oxygen atoms in total. The van der Waals surface area contributed by atoms with Crippen molar-refractivity contribution >= 4 is 22.3 Å². The quantitative estimate of drug-likeness (QED) is 0.698. The second kappa shape index (κ2) is 9.61. The zero-order valence-electron chi connectivity index (χ0n) is 18.0. The first-order valence-electron chi connectivity index (χ1n) is 10.5. The van der Waals surface area contributed by atoms with Gasteiger partial charge in [0.15, 0.2) is 6.10 Å². The van der Waals surface area contributed by atoms with E-state index in [0.29, 0.717) is 11.1 Å². The van der Waals surface area contributed by atoms with Crippen molar-refractivity contribution in [2.45, 2.75) is 46.1 Å². The van der Waals surface area contributed by atoms with Crippen molar-refractivity contribution in [2.24, 2.45) is 0 Å². The molecule has 2 heterocycles. The molecule has 1 aliphatic rings. The molecule has 1 N–H and O–H groups in total. The first kappa shape index (κ1) is 21.6. The summed E-state index contributed by atoms with van der Waals surface area (Å²) in [4.78, 5) is 29.9. The Bertz CT molecular complexity index is 1060. The number of hydrogen-bond acceptors (Lipinski definition) is 3. The molecule has 2 aromatic rings. The summed E-state index contributed by atoms with van der Waals surface area (Å²) in [6.07, 6.45) is 10.2. The lowest BCUT2D eigenvalue weighted by molar-refractivity contribution is -0.138. The second-order valence-electron chi connectivity index (χ2n) is 7.69. The molecule has 1 atom stereocenters. The van der Waals surface area contributed by atoms with Crippen molar-refractivity contribution in [1.82, 2.24) is 9.88 Å². The van der Waals surface area contributed by atoms with Gasteiger partial charge in [0.05, 0.1) is 5.39 Å². The summed E-state index contributed by atoms with van der Waals surface area (Å²) in [5, 5.41) is 1.36. The van der Waals surface area contributed by atoms with Crippen LogP contribution in [0.25, 0.3) is 16.3 Å². The van der Waals surface area contributed by atoms with Gasteiger partial charge in [-0.3, -0.25) is 9.59 Å². The summed E-state index contributed by atoms with van der Waals surface area (Å²) >= 11 is 0. The molecule has 5 heteroatoms. The van der Waals surface area contributed by atoms with E-state index in [1.165, 1.54) is 6.42 Å². The molecule has 1 aromatic heterocycles. The van der Waals surface area contributed by atoms with Crippen molar-refractivity contribution in [3.8, 4) is 5.75 Å². The fraction of sp³-hybridized carbons (Fsp3) is 0.360. The Labute approximate surface area is 177 Å². The Kier molecular flexibility index (Phi) is 6.93. The Balaban J connectivity index is 1.95. The molecule has 1 fully saturated rings. The summed E-state index contributed by atoms with van der Waals surface area (Å²) in [5.74, 6) is 0.511. The minimum atomic E-state index is -0.593. The molecule has 1 unspecified atom stereocenters. The van der Waals surface area contributed by atoms with Crippen molar-refractivity contribution in [3.63, 3.8) is 0 Å². The molecular formula is C25H30N2O3. The standard InChI is InChI=1S/C25H30N2O3/c1-5-10-20(17(3)6-2)23-16-26-24(28)22-15-19(11-12-21(22)23)30-18(4)25(29)27-13-8-7-9-14-27/h5-6,10-12,15-16,18H,2,7-9,13-14H2,1,3-4H3,(H,26,28)/b10-5-,20-17+. The average Bonchev–Trinajstić information content (AvgIpc) is 2.78. The number of nitrogens with one attached hydrogen (secondary N) is 1. The van der Waals surface area contributed by atoms with Crippen LogP contribution in [0.3, 0.4) is 0 Å². The normalized spacial score (nSPS) is 16.4. The highest BCUT2D eigenvalue weighted by atomic mass is 16.5. The van der Waals surface area contributed by atoms with E-state index in [1.54, 1.807) is 25.3 Å². The van der Waals surface area contributed by atoms with Gasteiger partial charge in [-0.25, -0.2) is 0 Å². The zero-order chi connectivity index (χ0) is 21.7. The van der Waals surface area contributed by atoms with Crippen LogP contribution in [0.4, 0.5) is 0 Å². The van der Waals surface area contributed by atoms with Gasteiger partial charge in [-0.05, 0) is 74.8 Å². The Morgan fingerprint density at radius 3 is 2.63 bits per heavy atom. The third-order valence-electron chi connectivity index (χ3n) is 5.56. The summed E-state index contributed by atoms with van der Waals surface area (Å²) in [6.45, 7) is 11.2. The first-order chi connectivity index (χ1) is 14.5. The number of likely N-dealkylation sites (tertiary alicyclic amines) is 1. The Morgan fingerprint density at radius 1 is 1.23 bits per heavy atom. The highest BCUT2D eigenvalue weighted by Crippen LogP contribution is 2.29. The van der Waals surface area contributed by atoms with Crippen LogP contribution < -0.4 is 10.3 Å². The van der Waals surface area contributed by atoms with Crippen LogP contribution in [0.15, 0.2) is 59.6 Å². The number of carbonyl (C=O) groups is 1. The molecule has 1 aliphatic heterocycles. The van der Waals surface area contributed by atoms with E-state index in [0.717, 1.165) is 48.0 Å². The van der Waals surface area contributed by atoms with Crippen molar-refractivity contribution < 1.29 is 9.53 Å². The second-order valence-corrected chi connectivity index (χ2v) is 7.69. The van der Waals surface area contributed by atoms with E-state index in [4.69, 9.17) is 4.74 Å². The van der Waals surface area contributed by atoms with Gasteiger partial charge in [0.2, 0.25) is 0 Å². The van der Waals surface area contributed by atoms with Gasteiger partial charge in [0.25, 0.3) is 11.5 Å². The largest absolute Gasteiger partial charge is 0.481 e. The van der Waals surface area contributed by atoms with E-state index in [2.05, 4.69) is 11.6 Å². The number of benzene rings is 1. The lowest BCUT2D eigenvalue weighted by Crippen LogP contribution is -2.43. The zero-order valence-corrected chi connectivity index (χ0v) is 18.0. The number of aromatic nitrogens is 1. The van der Waals surface area contributed by atoms with Crippen molar-refractivity contribution in [1.29, 1.82) is 0 Å². The van der Waals surface area contributed by atoms with Crippen LogP contribution in [0.5, 0.6) is 5.75 Å². The molecule has 1 aromatic carbocycles. The Hall–Kier alpha value is -3.08. The highest BCUT2D eigenvalue weighted by Gasteiger charge is 2.23. The van der Waals surface area contributed by atoms with Crippen molar-refractivity contribution in [2.75, 3.05) is 13.1 Å². The monoisotopic (exact) mass is 406 g/mol. The number of nitrogens with zero attached hydrogens (tertiary/aromatic N) is 1. The maximum absolute atomic E-state index is 12.7. The lowest BCUT2D eigenvalue weighted by atomic mass is 9.96. The maximum atomic E-state index is 12.7. The fourth-order valence-corrected chi connectivity index (χ4v) is 3.87. The Morgan fingerprint density at radius 2 is 1.97 bits per heavy atom. The van der Waals surface area contributed by atoms with Crippen LogP contribution in [-0.2, 0) is 4.79 Å². The molecule has 0 spiro atoms. The van der Waals surface area contributed by atoms with Gasteiger partial charge >= 0.3 is 0 Å². The van der Waals surface area contributed by atoms with Gasteiger partial charge in [-0.1, -0.05) is 24.8 Å². The number of allylic oxidation sites excluding steroid dienone is 5. The van der Waals surface area contributed by atoms with Gasteiger partial charge < -0.3 is 14.6 Å². The van der Waals surface area contributed by atoms with E-state index in [9.17, 15) is 9.59 Å². The molecule has 1 saturated heterocycles. The van der Waals surface area contributed by atoms with E-state index in [-0.39, 0.29) is 11.5 Å². The molecular weight excluding hydrogens is 376 g/mol. The first-order valence-corrected chi connectivity index (χ1v) is 10.5. The predicted molar refractivity (Wildman–Crippen MR) is 123 cm³/mol. The van der Waals surface area contributed by atoms with Crippen LogP contribution in [0.1, 0.15) is 45.6 Å². The van der Waals surface area contributed by atoms with E-state index < -0.39 is 6.10 Å².